The predicted octanol–water partition coefficient (Wildman–Crippen LogP) is 3.51. The highest BCUT2D eigenvalue weighted by atomic mass is 16.5. The maximum absolute atomic E-state index is 10.4. The minimum absolute atomic E-state index is 0.0249. The fraction of sp³-hybridized carbons (Fsp3) is 0.200. The van der Waals surface area contributed by atoms with Crippen molar-refractivity contribution >= 4 is 0 Å². The van der Waals surface area contributed by atoms with E-state index in [1.165, 1.54) is 5.56 Å². The minimum Gasteiger partial charge on any atom is -0.497 e. The highest BCUT2D eigenvalue weighted by molar-refractivity contribution is 5.46. The van der Waals surface area contributed by atoms with Crippen LogP contribution in [0, 0.1) is 17.8 Å². The van der Waals surface area contributed by atoms with Gasteiger partial charge in [0.15, 0.2) is 0 Å². The first-order valence-corrected chi connectivity index (χ1v) is 7.30. The van der Waals surface area contributed by atoms with Crippen LogP contribution in [-0.2, 0) is 6.42 Å². The summed E-state index contributed by atoms with van der Waals surface area (Å²) in [5, 5.41) is 10.4. The van der Waals surface area contributed by atoms with Crippen LogP contribution in [0.25, 0.3) is 0 Å². The summed E-state index contributed by atoms with van der Waals surface area (Å²) in [7, 11) is 1.64. The third-order valence-electron chi connectivity index (χ3n) is 4.10. The maximum atomic E-state index is 10.4. The molecule has 1 N–H and O–H groups in total. The molecule has 1 aliphatic carbocycles. The van der Waals surface area contributed by atoms with E-state index >= 15 is 0 Å². The van der Waals surface area contributed by atoms with Gasteiger partial charge in [-0.05, 0) is 41.8 Å². The lowest BCUT2D eigenvalue weighted by Gasteiger charge is -2.13. The highest BCUT2D eigenvalue weighted by Gasteiger charge is 2.31. The Hall–Kier alpha value is -2.50. The van der Waals surface area contributed by atoms with Crippen molar-refractivity contribution in [3.63, 3.8) is 0 Å². The van der Waals surface area contributed by atoms with Crippen LogP contribution in [0.4, 0.5) is 0 Å². The van der Waals surface area contributed by atoms with Crippen molar-refractivity contribution in [2.75, 3.05) is 7.11 Å². The van der Waals surface area contributed by atoms with Gasteiger partial charge in [0.2, 0.25) is 0 Å². The van der Waals surface area contributed by atoms with E-state index in [0.717, 1.165) is 28.9 Å². The first kappa shape index (κ1) is 14.4. The Morgan fingerprint density at radius 2 is 1.91 bits per heavy atom. The molecule has 2 aromatic carbocycles. The summed E-state index contributed by atoms with van der Waals surface area (Å²) >= 11 is 0. The Kier molecular flexibility index (Phi) is 4.00. The quantitative estimate of drug-likeness (QED) is 0.858. The molecular weight excluding hydrogens is 272 g/mol. The summed E-state index contributed by atoms with van der Waals surface area (Å²) in [5.74, 6) is 6.99. The van der Waals surface area contributed by atoms with Crippen molar-refractivity contribution in [2.24, 2.45) is 5.92 Å². The van der Waals surface area contributed by atoms with Crippen LogP contribution in [0.5, 0.6) is 5.75 Å². The third-order valence-corrected chi connectivity index (χ3v) is 4.10. The van der Waals surface area contributed by atoms with Gasteiger partial charge in [-0.15, -0.1) is 0 Å². The van der Waals surface area contributed by atoms with Crippen LogP contribution >= 0.6 is 0 Å². The zero-order valence-corrected chi connectivity index (χ0v) is 12.5. The Labute approximate surface area is 131 Å². The molecule has 2 atom stereocenters. The molecule has 0 heterocycles. The largest absolute Gasteiger partial charge is 0.497 e. The van der Waals surface area contributed by atoms with Gasteiger partial charge in [-0.1, -0.05) is 42.7 Å². The fourth-order valence-electron chi connectivity index (χ4n) is 2.81. The van der Waals surface area contributed by atoms with Gasteiger partial charge in [-0.3, -0.25) is 0 Å². The number of benzene rings is 2. The molecule has 1 aliphatic rings. The second-order valence-electron chi connectivity index (χ2n) is 5.46. The van der Waals surface area contributed by atoms with Crippen molar-refractivity contribution in [1.82, 2.24) is 0 Å². The van der Waals surface area contributed by atoms with Crippen molar-refractivity contribution in [2.45, 2.75) is 12.5 Å². The van der Waals surface area contributed by atoms with Crippen molar-refractivity contribution in [1.29, 1.82) is 0 Å². The van der Waals surface area contributed by atoms with Gasteiger partial charge in [0, 0.05) is 17.1 Å². The molecule has 3 rings (SSSR count). The number of hydrogen-bond acceptors (Lipinski definition) is 2. The average Bonchev–Trinajstić information content (AvgIpc) is 2.90. The number of hydrogen-bond donors (Lipinski definition) is 1. The summed E-state index contributed by atoms with van der Waals surface area (Å²) in [6.45, 7) is 4.06. The van der Waals surface area contributed by atoms with Gasteiger partial charge in [-0.25, -0.2) is 0 Å². The van der Waals surface area contributed by atoms with Crippen LogP contribution in [0.2, 0.25) is 0 Å². The van der Waals surface area contributed by atoms with Crippen LogP contribution in [0.3, 0.4) is 0 Å². The molecule has 0 saturated carbocycles. The van der Waals surface area contributed by atoms with Gasteiger partial charge in [0.1, 0.15) is 5.75 Å². The molecule has 0 amide bonds. The smallest absolute Gasteiger partial charge is 0.118 e. The predicted molar refractivity (Wildman–Crippen MR) is 87.6 cm³/mol. The van der Waals surface area contributed by atoms with Crippen molar-refractivity contribution in [3.05, 3.63) is 77.4 Å². The number of methoxy groups -OCH3 is 1. The summed E-state index contributed by atoms with van der Waals surface area (Å²) < 4.78 is 5.13. The Morgan fingerprint density at radius 1 is 1.18 bits per heavy atom. The lowest BCUT2D eigenvalue weighted by molar-refractivity contribution is 0.143. The molecule has 2 heteroatoms. The van der Waals surface area contributed by atoms with Crippen LogP contribution in [-0.4, -0.2) is 12.2 Å². The SMILES string of the molecule is C=C(C#Cc1ccc(OC)cc1)[C@H]1Cc2ccccc2[C@H]1O. The number of aliphatic hydroxyl groups excluding tert-OH is 1. The van der Waals surface area contributed by atoms with Crippen LogP contribution in [0.1, 0.15) is 22.8 Å². The zero-order valence-electron chi connectivity index (χ0n) is 12.5. The minimum atomic E-state index is -0.506. The molecule has 0 unspecified atom stereocenters. The Morgan fingerprint density at radius 3 is 2.59 bits per heavy atom. The summed E-state index contributed by atoms with van der Waals surface area (Å²) in [6, 6.07) is 15.6. The first-order valence-electron chi connectivity index (χ1n) is 7.30. The number of rotatable bonds is 2. The van der Waals surface area contributed by atoms with E-state index in [2.05, 4.69) is 24.5 Å². The van der Waals surface area contributed by atoms with Crippen molar-refractivity contribution in [3.8, 4) is 17.6 Å². The molecule has 2 aromatic rings. The summed E-state index contributed by atoms with van der Waals surface area (Å²) in [4.78, 5) is 0. The molecule has 0 saturated heterocycles. The number of ether oxygens (including phenoxy) is 1. The molecule has 2 nitrogen and oxygen atoms in total. The van der Waals surface area contributed by atoms with Crippen LogP contribution in [0.15, 0.2) is 60.7 Å². The Balaban J connectivity index is 1.75. The monoisotopic (exact) mass is 290 g/mol. The van der Waals surface area contributed by atoms with E-state index in [9.17, 15) is 5.11 Å². The molecular formula is C20H18O2. The van der Waals surface area contributed by atoms with E-state index in [0.29, 0.717) is 0 Å². The van der Waals surface area contributed by atoms with Gasteiger partial charge in [-0.2, -0.15) is 0 Å². The summed E-state index contributed by atoms with van der Waals surface area (Å²) in [5.41, 5.74) is 3.87. The van der Waals surface area contributed by atoms with Gasteiger partial charge in [0.05, 0.1) is 13.2 Å². The molecule has 0 bridgehead atoms. The maximum Gasteiger partial charge on any atom is 0.118 e. The summed E-state index contributed by atoms with van der Waals surface area (Å²) in [6.07, 6.45) is 0.293. The molecule has 22 heavy (non-hydrogen) atoms. The van der Waals surface area contributed by atoms with E-state index < -0.39 is 6.10 Å². The average molecular weight is 290 g/mol. The zero-order chi connectivity index (χ0) is 15.5. The molecule has 0 spiro atoms. The molecule has 0 aliphatic heterocycles. The molecule has 0 aromatic heterocycles. The lowest BCUT2D eigenvalue weighted by Crippen LogP contribution is -2.08. The standard InChI is InChI=1S/C20H18O2/c1-14(7-8-15-9-11-17(22-2)12-10-15)19-13-16-5-3-4-6-18(16)20(19)21/h3-6,9-12,19-21H,1,13H2,2H3/t19-,20-/m1/s1. The van der Waals surface area contributed by atoms with Gasteiger partial charge < -0.3 is 9.84 Å². The second-order valence-corrected chi connectivity index (χ2v) is 5.46. The molecule has 0 fully saturated rings. The van der Waals surface area contributed by atoms with Crippen LogP contribution < -0.4 is 4.74 Å². The lowest BCUT2D eigenvalue weighted by atomic mass is 9.95. The number of aliphatic hydroxyl groups is 1. The van der Waals surface area contributed by atoms with E-state index in [4.69, 9.17) is 4.74 Å². The van der Waals surface area contributed by atoms with E-state index in [1.54, 1.807) is 7.11 Å². The van der Waals surface area contributed by atoms with Gasteiger partial charge >= 0.3 is 0 Å². The molecule has 110 valence electrons. The van der Waals surface area contributed by atoms with E-state index in [1.807, 2.05) is 42.5 Å². The number of fused-ring (bicyclic) bond motifs is 1. The Bertz CT molecular complexity index is 747. The molecule has 0 radical (unpaired) electrons. The third kappa shape index (κ3) is 2.77. The van der Waals surface area contributed by atoms with Crippen molar-refractivity contribution < 1.29 is 9.84 Å². The first-order chi connectivity index (χ1) is 10.7. The normalized spacial score (nSPS) is 19.0. The topological polar surface area (TPSA) is 29.5 Å². The fourth-order valence-corrected chi connectivity index (χ4v) is 2.81. The van der Waals surface area contributed by atoms with Gasteiger partial charge in [0.25, 0.3) is 0 Å². The second kappa shape index (κ2) is 6.09. The van der Waals surface area contributed by atoms with E-state index in [-0.39, 0.29) is 5.92 Å². The highest BCUT2D eigenvalue weighted by Crippen LogP contribution is 2.39.